The standard InChI is InChI=1S/C16H23N3O5/c1-4-23-14(24-5-2)10-17-15(21)16(22)19-13-8-6-7-12(9-13)18-11(3)20/h6-9,14H,4-5,10H2,1-3H3,(H,17,21)(H,18,20)(H,19,22). The number of benzene rings is 1. The summed E-state index contributed by atoms with van der Waals surface area (Å²) < 4.78 is 10.5. The van der Waals surface area contributed by atoms with E-state index < -0.39 is 18.1 Å². The number of carbonyl (C=O) groups excluding carboxylic acids is 3. The molecule has 8 heteroatoms. The van der Waals surface area contributed by atoms with Crippen molar-refractivity contribution in [2.45, 2.75) is 27.1 Å². The van der Waals surface area contributed by atoms with Gasteiger partial charge in [0.1, 0.15) is 0 Å². The Morgan fingerprint density at radius 3 is 2.12 bits per heavy atom. The second-order valence-corrected chi connectivity index (χ2v) is 4.77. The normalized spacial score (nSPS) is 10.3. The molecule has 0 aliphatic rings. The van der Waals surface area contributed by atoms with Crippen LogP contribution in [0.3, 0.4) is 0 Å². The summed E-state index contributed by atoms with van der Waals surface area (Å²) in [4.78, 5) is 34.7. The Hall–Kier alpha value is -2.45. The molecule has 0 aliphatic carbocycles. The molecule has 0 atom stereocenters. The van der Waals surface area contributed by atoms with Crippen molar-refractivity contribution in [1.82, 2.24) is 5.32 Å². The first kappa shape index (κ1) is 19.6. The van der Waals surface area contributed by atoms with Crippen molar-refractivity contribution < 1.29 is 23.9 Å². The van der Waals surface area contributed by atoms with Crippen LogP contribution < -0.4 is 16.0 Å². The average molecular weight is 337 g/mol. The summed E-state index contributed by atoms with van der Waals surface area (Å²) in [6, 6.07) is 6.49. The summed E-state index contributed by atoms with van der Waals surface area (Å²) >= 11 is 0. The van der Waals surface area contributed by atoms with E-state index in [0.717, 1.165) is 0 Å². The Kier molecular flexibility index (Phi) is 8.45. The predicted octanol–water partition coefficient (Wildman–Crippen LogP) is 1.10. The van der Waals surface area contributed by atoms with Gasteiger partial charge in [-0.05, 0) is 32.0 Å². The molecule has 0 saturated heterocycles. The maximum absolute atomic E-state index is 11.9. The van der Waals surface area contributed by atoms with Crippen LogP contribution >= 0.6 is 0 Å². The third-order valence-electron chi connectivity index (χ3n) is 2.78. The summed E-state index contributed by atoms with van der Waals surface area (Å²) in [5.74, 6) is -1.85. The SMILES string of the molecule is CCOC(CNC(=O)C(=O)Nc1cccc(NC(C)=O)c1)OCC. The highest BCUT2D eigenvalue weighted by Gasteiger charge is 2.16. The fourth-order valence-electron chi connectivity index (χ4n) is 1.86. The van der Waals surface area contributed by atoms with Crippen molar-refractivity contribution in [3.05, 3.63) is 24.3 Å². The Morgan fingerprint density at radius 2 is 1.58 bits per heavy atom. The van der Waals surface area contributed by atoms with E-state index in [1.54, 1.807) is 24.3 Å². The zero-order chi connectivity index (χ0) is 17.9. The van der Waals surface area contributed by atoms with Crippen molar-refractivity contribution in [3.63, 3.8) is 0 Å². The molecule has 0 unspecified atom stereocenters. The highest BCUT2D eigenvalue weighted by atomic mass is 16.7. The maximum Gasteiger partial charge on any atom is 0.313 e. The van der Waals surface area contributed by atoms with Gasteiger partial charge < -0.3 is 25.4 Å². The van der Waals surface area contributed by atoms with Crippen LogP contribution in [0.15, 0.2) is 24.3 Å². The van der Waals surface area contributed by atoms with Crippen LogP contribution in [0.5, 0.6) is 0 Å². The van der Waals surface area contributed by atoms with Crippen molar-refractivity contribution in [2.24, 2.45) is 0 Å². The molecule has 3 amide bonds. The number of hydrogen-bond acceptors (Lipinski definition) is 5. The van der Waals surface area contributed by atoms with Crippen LogP contribution in [-0.2, 0) is 23.9 Å². The van der Waals surface area contributed by atoms with Gasteiger partial charge in [0.15, 0.2) is 6.29 Å². The maximum atomic E-state index is 11.9. The lowest BCUT2D eigenvalue weighted by molar-refractivity contribution is -0.145. The monoisotopic (exact) mass is 337 g/mol. The molecule has 0 aromatic heterocycles. The molecule has 0 radical (unpaired) electrons. The van der Waals surface area contributed by atoms with Crippen LogP contribution in [0.25, 0.3) is 0 Å². The van der Waals surface area contributed by atoms with Gasteiger partial charge in [-0.15, -0.1) is 0 Å². The lowest BCUT2D eigenvalue weighted by Gasteiger charge is -2.17. The Balaban J connectivity index is 2.54. The average Bonchev–Trinajstić information content (AvgIpc) is 2.52. The topological polar surface area (TPSA) is 106 Å². The minimum Gasteiger partial charge on any atom is -0.351 e. The number of amides is 3. The first-order valence-electron chi connectivity index (χ1n) is 7.66. The van der Waals surface area contributed by atoms with E-state index in [0.29, 0.717) is 24.6 Å². The van der Waals surface area contributed by atoms with Gasteiger partial charge in [-0.2, -0.15) is 0 Å². The summed E-state index contributed by atoms with van der Waals surface area (Å²) in [6.45, 7) is 5.93. The number of rotatable bonds is 8. The smallest absolute Gasteiger partial charge is 0.313 e. The van der Waals surface area contributed by atoms with Crippen LogP contribution in [0, 0.1) is 0 Å². The van der Waals surface area contributed by atoms with Gasteiger partial charge in [-0.3, -0.25) is 14.4 Å². The molecule has 0 saturated carbocycles. The Labute approximate surface area is 140 Å². The molecule has 132 valence electrons. The highest BCUT2D eigenvalue weighted by Crippen LogP contribution is 2.14. The van der Waals surface area contributed by atoms with Crippen LogP contribution in [0.2, 0.25) is 0 Å². The van der Waals surface area contributed by atoms with Gasteiger partial charge in [0.2, 0.25) is 5.91 Å². The first-order chi connectivity index (χ1) is 11.5. The molecule has 3 N–H and O–H groups in total. The van der Waals surface area contributed by atoms with E-state index in [4.69, 9.17) is 9.47 Å². The van der Waals surface area contributed by atoms with Gasteiger partial charge in [-0.25, -0.2) is 0 Å². The molecule has 8 nitrogen and oxygen atoms in total. The Morgan fingerprint density at radius 1 is 1.00 bits per heavy atom. The van der Waals surface area contributed by atoms with Crippen molar-refractivity contribution in [3.8, 4) is 0 Å². The van der Waals surface area contributed by atoms with E-state index in [2.05, 4.69) is 16.0 Å². The van der Waals surface area contributed by atoms with E-state index in [-0.39, 0.29) is 12.5 Å². The lowest BCUT2D eigenvalue weighted by atomic mass is 10.2. The fraction of sp³-hybridized carbons (Fsp3) is 0.438. The lowest BCUT2D eigenvalue weighted by Crippen LogP contribution is -2.41. The van der Waals surface area contributed by atoms with Crippen LogP contribution in [0.4, 0.5) is 11.4 Å². The largest absolute Gasteiger partial charge is 0.351 e. The van der Waals surface area contributed by atoms with Crippen molar-refractivity contribution >= 4 is 29.1 Å². The minimum atomic E-state index is -0.818. The summed E-state index contributed by atoms with van der Waals surface area (Å²) in [5, 5.41) is 7.50. The van der Waals surface area contributed by atoms with Crippen molar-refractivity contribution in [2.75, 3.05) is 30.4 Å². The molecule has 24 heavy (non-hydrogen) atoms. The first-order valence-corrected chi connectivity index (χ1v) is 7.66. The zero-order valence-electron chi connectivity index (χ0n) is 14.0. The second-order valence-electron chi connectivity index (χ2n) is 4.77. The van der Waals surface area contributed by atoms with Gasteiger partial charge >= 0.3 is 11.8 Å². The van der Waals surface area contributed by atoms with E-state index in [9.17, 15) is 14.4 Å². The third kappa shape index (κ3) is 7.21. The molecule has 1 aromatic carbocycles. The van der Waals surface area contributed by atoms with Gasteiger partial charge in [0.25, 0.3) is 0 Å². The minimum absolute atomic E-state index is 0.0693. The summed E-state index contributed by atoms with van der Waals surface area (Å²) in [7, 11) is 0. The van der Waals surface area contributed by atoms with Gasteiger partial charge in [0.05, 0.1) is 6.54 Å². The second kappa shape index (κ2) is 10.3. The predicted molar refractivity (Wildman–Crippen MR) is 89.4 cm³/mol. The number of nitrogens with one attached hydrogen (secondary N) is 3. The number of ether oxygens (including phenoxy) is 2. The van der Waals surface area contributed by atoms with E-state index >= 15 is 0 Å². The van der Waals surface area contributed by atoms with Crippen molar-refractivity contribution in [1.29, 1.82) is 0 Å². The number of carbonyl (C=O) groups is 3. The number of hydrogen-bond donors (Lipinski definition) is 3. The molecule has 0 bridgehead atoms. The molecule has 1 rings (SSSR count). The molecule has 0 fully saturated rings. The van der Waals surface area contributed by atoms with Crippen LogP contribution in [0.1, 0.15) is 20.8 Å². The molecule has 0 heterocycles. The molecular weight excluding hydrogens is 314 g/mol. The van der Waals surface area contributed by atoms with E-state index in [1.165, 1.54) is 6.92 Å². The van der Waals surface area contributed by atoms with Gasteiger partial charge in [0, 0.05) is 31.5 Å². The molecule has 0 spiro atoms. The third-order valence-corrected chi connectivity index (χ3v) is 2.78. The summed E-state index contributed by atoms with van der Waals surface area (Å²) in [5.41, 5.74) is 0.918. The zero-order valence-corrected chi connectivity index (χ0v) is 14.0. The summed E-state index contributed by atoms with van der Waals surface area (Å²) in [6.07, 6.45) is -0.597. The van der Waals surface area contributed by atoms with Gasteiger partial charge in [-0.1, -0.05) is 6.07 Å². The number of anilines is 2. The quantitative estimate of drug-likeness (QED) is 0.486. The molecule has 0 aliphatic heterocycles. The van der Waals surface area contributed by atoms with E-state index in [1.807, 2.05) is 13.8 Å². The molecule has 1 aromatic rings. The fourth-order valence-corrected chi connectivity index (χ4v) is 1.86. The Bertz CT molecular complexity index is 571. The highest BCUT2D eigenvalue weighted by molar-refractivity contribution is 6.39. The molecular formula is C16H23N3O5. The van der Waals surface area contributed by atoms with Crippen LogP contribution in [-0.4, -0.2) is 43.8 Å².